The molecular formula is C12H16Br2N2O2S. The van der Waals surface area contributed by atoms with Crippen molar-refractivity contribution in [2.45, 2.75) is 32.7 Å². The first-order valence-electron chi connectivity index (χ1n) is 5.73. The molecule has 19 heavy (non-hydrogen) atoms. The molecule has 1 heterocycles. The smallest absolute Gasteiger partial charge is 0.261 e. The van der Waals surface area contributed by atoms with Gasteiger partial charge in [-0.2, -0.15) is 0 Å². The summed E-state index contributed by atoms with van der Waals surface area (Å²) < 4.78 is 1.73. The van der Waals surface area contributed by atoms with E-state index >= 15 is 0 Å². The molecule has 1 rings (SSSR count). The molecule has 0 saturated carbocycles. The number of thiophene rings is 1. The van der Waals surface area contributed by atoms with Crippen molar-refractivity contribution in [3.8, 4) is 0 Å². The van der Waals surface area contributed by atoms with E-state index in [1.54, 1.807) is 6.07 Å². The first kappa shape index (κ1) is 16.7. The molecular weight excluding hydrogens is 396 g/mol. The van der Waals surface area contributed by atoms with Gasteiger partial charge >= 0.3 is 0 Å². The Hall–Kier alpha value is -0.400. The van der Waals surface area contributed by atoms with Gasteiger partial charge in [-0.05, 0) is 58.7 Å². The SMILES string of the molecule is CC(C)(C)NC(=O)CCNC(=O)c1cc(Br)c(Br)s1. The van der Waals surface area contributed by atoms with Crippen molar-refractivity contribution in [2.75, 3.05) is 6.54 Å². The molecule has 2 amide bonds. The second kappa shape index (κ2) is 6.85. The molecule has 2 N–H and O–H groups in total. The molecule has 4 nitrogen and oxygen atoms in total. The molecule has 0 aromatic carbocycles. The molecule has 0 aliphatic rings. The lowest BCUT2D eigenvalue weighted by Crippen LogP contribution is -2.41. The fraction of sp³-hybridized carbons (Fsp3) is 0.500. The summed E-state index contributed by atoms with van der Waals surface area (Å²) in [5.74, 6) is -0.235. The molecule has 1 aromatic rings. The third-order valence-electron chi connectivity index (χ3n) is 2.02. The quantitative estimate of drug-likeness (QED) is 0.798. The summed E-state index contributed by atoms with van der Waals surface area (Å²) in [7, 11) is 0. The van der Waals surface area contributed by atoms with E-state index in [9.17, 15) is 9.59 Å². The summed E-state index contributed by atoms with van der Waals surface area (Å²) >= 11 is 8.01. The summed E-state index contributed by atoms with van der Waals surface area (Å²) in [4.78, 5) is 24.0. The molecule has 0 aliphatic carbocycles. The topological polar surface area (TPSA) is 58.2 Å². The van der Waals surface area contributed by atoms with E-state index in [-0.39, 0.29) is 23.8 Å². The molecule has 1 aromatic heterocycles. The molecule has 0 radical (unpaired) electrons. The van der Waals surface area contributed by atoms with Crippen molar-refractivity contribution in [2.24, 2.45) is 0 Å². The highest BCUT2D eigenvalue weighted by molar-refractivity contribution is 9.13. The van der Waals surface area contributed by atoms with Gasteiger partial charge in [0.1, 0.15) is 0 Å². The van der Waals surface area contributed by atoms with Crippen LogP contribution in [0.25, 0.3) is 0 Å². The third-order valence-corrected chi connectivity index (χ3v) is 5.28. The van der Waals surface area contributed by atoms with Crippen molar-refractivity contribution in [1.29, 1.82) is 0 Å². The number of halogens is 2. The third kappa shape index (κ3) is 6.05. The Balaban J connectivity index is 2.37. The number of carbonyl (C=O) groups excluding carboxylic acids is 2. The first-order valence-corrected chi connectivity index (χ1v) is 8.13. The Bertz CT molecular complexity index is 461. The summed E-state index contributed by atoms with van der Waals surface area (Å²) in [6.07, 6.45) is 0.275. The van der Waals surface area contributed by atoms with E-state index in [4.69, 9.17) is 0 Å². The van der Waals surface area contributed by atoms with E-state index in [0.717, 1.165) is 8.26 Å². The Labute approximate surface area is 133 Å². The van der Waals surface area contributed by atoms with E-state index in [1.807, 2.05) is 20.8 Å². The Morgan fingerprint density at radius 1 is 1.32 bits per heavy atom. The van der Waals surface area contributed by atoms with Crippen LogP contribution in [0.3, 0.4) is 0 Å². The Morgan fingerprint density at radius 2 is 1.95 bits per heavy atom. The highest BCUT2D eigenvalue weighted by Gasteiger charge is 2.15. The van der Waals surface area contributed by atoms with Crippen LogP contribution in [-0.4, -0.2) is 23.9 Å². The molecule has 0 saturated heterocycles. The van der Waals surface area contributed by atoms with Crippen LogP contribution in [0.1, 0.15) is 36.9 Å². The average molecular weight is 412 g/mol. The van der Waals surface area contributed by atoms with Gasteiger partial charge < -0.3 is 10.6 Å². The van der Waals surface area contributed by atoms with Crippen molar-refractivity contribution in [3.63, 3.8) is 0 Å². The number of amides is 2. The van der Waals surface area contributed by atoms with Gasteiger partial charge in [0.15, 0.2) is 0 Å². The monoisotopic (exact) mass is 410 g/mol. The summed E-state index contributed by atoms with van der Waals surface area (Å²) in [6.45, 7) is 6.09. The number of carbonyl (C=O) groups is 2. The largest absolute Gasteiger partial charge is 0.351 e. The van der Waals surface area contributed by atoms with E-state index in [2.05, 4.69) is 42.5 Å². The van der Waals surface area contributed by atoms with Crippen molar-refractivity contribution < 1.29 is 9.59 Å². The van der Waals surface area contributed by atoms with Crippen molar-refractivity contribution >= 4 is 55.0 Å². The molecule has 0 atom stereocenters. The zero-order chi connectivity index (χ0) is 14.6. The Kier molecular flexibility index (Phi) is 6.01. The summed E-state index contributed by atoms with van der Waals surface area (Å²) in [6, 6.07) is 1.75. The second-order valence-corrected chi connectivity index (χ2v) is 8.26. The van der Waals surface area contributed by atoms with Gasteiger partial charge in [0.2, 0.25) is 5.91 Å². The van der Waals surface area contributed by atoms with Gasteiger partial charge in [-0.1, -0.05) is 0 Å². The van der Waals surface area contributed by atoms with Crippen LogP contribution in [0.2, 0.25) is 0 Å². The minimum absolute atomic E-state index is 0.0682. The number of rotatable bonds is 4. The van der Waals surface area contributed by atoms with Gasteiger partial charge in [-0.3, -0.25) is 9.59 Å². The van der Waals surface area contributed by atoms with Gasteiger partial charge in [0.25, 0.3) is 5.91 Å². The maximum atomic E-state index is 11.8. The standard InChI is InChI=1S/C12H16Br2N2O2S/c1-12(2,3)16-9(17)4-5-15-11(18)8-6-7(13)10(14)19-8/h6H,4-5H2,1-3H3,(H,15,18)(H,16,17). The lowest BCUT2D eigenvalue weighted by atomic mass is 10.1. The predicted molar refractivity (Wildman–Crippen MR) is 84.6 cm³/mol. The molecule has 0 unspecified atom stereocenters. The number of hydrogen-bond acceptors (Lipinski definition) is 3. The highest BCUT2D eigenvalue weighted by Crippen LogP contribution is 2.32. The Morgan fingerprint density at radius 3 is 2.42 bits per heavy atom. The maximum absolute atomic E-state index is 11.8. The van der Waals surface area contributed by atoms with Crippen LogP contribution in [-0.2, 0) is 4.79 Å². The summed E-state index contributed by atoms with van der Waals surface area (Å²) in [5.41, 5.74) is -0.245. The molecule has 7 heteroatoms. The van der Waals surface area contributed by atoms with Crippen LogP contribution >= 0.6 is 43.2 Å². The molecule has 106 valence electrons. The van der Waals surface area contributed by atoms with Gasteiger partial charge in [-0.15, -0.1) is 11.3 Å². The van der Waals surface area contributed by atoms with Gasteiger partial charge in [0, 0.05) is 23.0 Å². The van der Waals surface area contributed by atoms with E-state index in [1.165, 1.54) is 11.3 Å². The van der Waals surface area contributed by atoms with Gasteiger partial charge in [-0.25, -0.2) is 0 Å². The van der Waals surface area contributed by atoms with Crippen molar-refractivity contribution in [1.82, 2.24) is 10.6 Å². The number of nitrogens with one attached hydrogen (secondary N) is 2. The fourth-order valence-electron chi connectivity index (χ4n) is 1.32. The van der Waals surface area contributed by atoms with Crippen LogP contribution in [0.5, 0.6) is 0 Å². The van der Waals surface area contributed by atoms with Gasteiger partial charge in [0.05, 0.1) is 8.66 Å². The normalized spacial score (nSPS) is 11.2. The number of hydrogen-bond donors (Lipinski definition) is 2. The molecule has 0 bridgehead atoms. The molecule has 0 spiro atoms. The first-order chi connectivity index (χ1) is 8.69. The zero-order valence-electron chi connectivity index (χ0n) is 11.0. The van der Waals surface area contributed by atoms with E-state index in [0.29, 0.717) is 11.4 Å². The van der Waals surface area contributed by atoms with E-state index < -0.39 is 0 Å². The second-order valence-electron chi connectivity index (χ2n) is 5.04. The van der Waals surface area contributed by atoms with Crippen LogP contribution in [0.4, 0.5) is 0 Å². The van der Waals surface area contributed by atoms with Crippen LogP contribution in [0.15, 0.2) is 14.3 Å². The average Bonchev–Trinajstić information content (AvgIpc) is 2.56. The minimum atomic E-state index is -0.245. The maximum Gasteiger partial charge on any atom is 0.261 e. The minimum Gasteiger partial charge on any atom is -0.351 e. The van der Waals surface area contributed by atoms with Crippen LogP contribution < -0.4 is 10.6 Å². The van der Waals surface area contributed by atoms with Crippen molar-refractivity contribution in [3.05, 3.63) is 19.2 Å². The summed E-state index contributed by atoms with van der Waals surface area (Å²) in [5, 5.41) is 5.57. The lowest BCUT2D eigenvalue weighted by Gasteiger charge is -2.20. The highest BCUT2D eigenvalue weighted by atomic mass is 79.9. The fourth-order valence-corrected chi connectivity index (χ4v) is 3.27. The zero-order valence-corrected chi connectivity index (χ0v) is 15.0. The van der Waals surface area contributed by atoms with Crippen LogP contribution in [0, 0.1) is 0 Å². The predicted octanol–water partition coefficient (Wildman–Crippen LogP) is 3.31. The molecule has 0 fully saturated rings. The lowest BCUT2D eigenvalue weighted by molar-refractivity contribution is -0.122. The molecule has 0 aliphatic heterocycles.